The topological polar surface area (TPSA) is 86.0 Å². The number of rotatable bonds is 8. The van der Waals surface area contributed by atoms with Crippen LogP contribution in [0, 0.1) is 5.82 Å². The van der Waals surface area contributed by atoms with Crippen LogP contribution in [0.5, 0.6) is 0 Å². The highest BCUT2D eigenvalue weighted by Crippen LogP contribution is 2.07. The first kappa shape index (κ1) is 25.1. The maximum atomic E-state index is 13.2. The number of piperazine rings is 1. The Morgan fingerprint density at radius 1 is 1.23 bits per heavy atom. The van der Waals surface area contributed by atoms with Crippen molar-refractivity contribution < 1.29 is 13.7 Å². The lowest BCUT2D eigenvalue weighted by atomic mass is 10.1. The number of nitrogens with zero attached hydrogens (tertiary/aromatic N) is 4. The van der Waals surface area contributed by atoms with Crippen molar-refractivity contribution in [3.63, 3.8) is 0 Å². The van der Waals surface area contributed by atoms with Crippen molar-refractivity contribution in [2.24, 2.45) is 4.99 Å². The molecule has 2 N–H and O–H groups in total. The molecule has 0 bridgehead atoms. The molecule has 1 aromatic carbocycles. The minimum Gasteiger partial charge on any atom is -0.364 e. The van der Waals surface area contributed by atoms with Gasteiger partial charge in [0.05, 0.1) is 18.7 Å². The van der Waals surface area contributed by atoms with Gasteiger partial charge in [-0.25, -0.2) is 4.39 Å². The van der Waals surface area contributed by atoms with E-state index in [1.54, 1.807) is 18.4 Å². The highest BCUT2D eigenvalue weighted by atomic mass is 127. The average Bonchev–Trinajstić information content (AvgIpc) is 3.24. The standard InChI is InChI=1S/C21H29FN6O2.HI/c1-2-23-21(28-11-9-27(10-12-28)16-19-6-13-30-26-19)25-8-7-24-20(29)15-17-4-3-5-18(22)14-17;/h3-6,13-14H,2,7-12,15-16H2,1H3,(H,23,25)(H,24,29);1H. The minimum atomic E-state index is -0.332. The van der Waals surface area contributed by atoms with Crippen molar-refractivity contribution in [1.29, 1.82) is 0 Å². The summed E-state index contributed by atoms with van der Waals surface area (Å²) in [6, 6.07) is 7.99. The SMILES string of the molecule is CCNC(=NCCNC(=O)Cc1cccc(F)c1)N1CCN(Cc2ccon2)CC1.I. The van der Waals surface area contributed by atoms with E-state index >= 15 is 0 Å². The molecule has 1 aromatic heterocycles. The zero-order valence-corrected chi connectivity index (χ0v) is 20.0. The van der Waals surface area contributed by atoms with E-state index in [2.05, 4.69) is 30.6 Å². The number of amides is 1. The first-order chi connectivity index (χ1) is 14.6. The fourth-order valence-electron chi connectivity index (χ4n) is 3.34. The monoisotopic (exact) mass is 544 g/mol. The van der Waals surface area contributed by atoms with Gasteiger partial charge in [0.1, 0.15) is 12.1 Å². The molecule has 0 radical (unpaired) electrons. The van der Waals surface area contributed by atoms with Gasteiger partial charge in [-0.05, 0) is 24.6 Å². The van der Waals surface area contributed by atoms with Crippen LogP contribution >= 0.6 is 24.0 Å². The molecular formula is C21H30FIN6O2. The van der Waals surface area contributed by atoms with E-state index in [9.17, 15) is 9.18 Å². The summed E-state index contributed by atoms with van der Waals surface area (Å²) >= 11 is 0. The number of aliphatic imine (C=N–C) groups is 1. The molecule has 1 amide bonds. The minimum absolute atomic E-state index is 0. The molecule has 0 saturated carbocycles. The van der Waals surface area contributed by atoms with E-state index in [4.69, 9.17) is 4.52 Å². The molecule has 3 rings (SSSR count). The van der Waals surface area contributed by atoms with E-state index in [-0.39, 0.29) is 42.1 Å². The molecule has 0 atom stereocenters. The van der Waals surface area contributed by atoms with Gasteiger partial charge in [-0.1, -0.05) is 17.3 Å². The highest BCUT2D eigenvalue weighted by molar-refractivity contribution is 14.0. The van der Waals surface area contributed by atoms with Crippen LogP contribution in [0.3, 0.4) is 0 Å². The summed E-state index contributed by atoms with van der Waals surface area (Å²) in [4.78, 5) is 21.3. The van der Waals surface area contributed by atoms with Gasteiger partial charge < -0.3 is 20.1 Å². The van der Waals surface area contributed by atoms with Gasteiger partial charge in [0.2, 0.25) is 5.91 Å². The Labute approximate surface area is 199 Å². The van der Waals surface area contributed by atoms with E-state index < -0.39 is 0 Å². The second-order valence-corrected chi connectivity index (χ2v) is 7.15. The first-order valence-electron chi connectivity index (χ1n) is 10.3. The second kappa shape index (κ2) is 13.3. The Morgan fingerprint density at radius 2 is 2.03 bits per heavy atom. The molecule has 10 heteroatoms. The maximum absolute atomic E-state index is 13.2. The molecule has 1 aliphatic rings. The van der Waals surface area contributed by atoms with Crippen molar-refractivity contribution >= 4 is 35.8 Å². The number of carbonyl (C=O) groups excluding carboxylic acids is 1. The molecule has 0 unspecified atom stereocenters. The summed E-state index contributed by atoms with van der Waals surface area (Å²) in [5.41, 5.74) is 1.60. The molecule has 1 saturated heterocycles. The summed E-state index contributed by atoms with van der Waals surface area (Å²) in [6.07, 6.45) is 1.76. The third-order valence-electron chi connectivity index (χ3n) is 4.83. The Hall–Kier alpha value is -2.21. The molecular weight excluding hydrogens is 514 g/mol. The van der Waals surface area contributed by atoms with Crippen molar-refractivity contribution in [3.05, 3.63) is 53.7 Å². The summed E-state index contributed by atoms with van der Waals surface area (Å²) < 4.78 is 18.1. The summed E-state index contributed by atoms with van der Waals surface area (Å²) in [5, 5.41) is 10.1. The third kappa shape index (κ3) is 8.44. The van der Waals surface area contributed by atoms with E-state index in [0.717, 1.165) is 50.9 Å². The number of aromatic nitrogens is 1. The Balaban J connectivity index is 0.00000341. The molecule has 170 valence electrons. The lowest BCUT2D eigenvalue weighted by Gasteiger charge is -2.36. The lowest BCUT2D eigenvalue weighted by Crippen LogP contribution is -2.52. The number of halogens is 2. The Kier molecular flexibility index (Phi) is 10.7. The fourth-order valence-corrected chi connectivity index (χ4v) is 3.34. The van der Waals surface area contributed by atoms with Gasteiger partial charge in [0.15, 0.2) is 5.96 Å². The zero-order chi connectivity index (χ0) is 21.2. The van der Waals surface area contributed by atoms with Crippen LogP contribution in [0.15, 0.2) is 46.1 Å². The third-order valence-corrected chi connectivity index (χ3v) is 4.83. The van der Waals surface area contributed by atoms with Crippen LogP contribution in [0.25, 0.3) is 0 Å². The number of benzene rings is 1. The molecule has 2 heterocycles. The van der Waals surface area contributed by atoms with E-state index in [0.29, 0.717) is 18.7 Å². The van der Waals surface area contributed by atoms with Crippen LogP contribution < -0.4 is 10.6 Å². The van der Waals surface area contributed by atoms with Gasteiger partial charge in [-0.2, -0.15) is 0 Å². The van der Waals surface area contributed by atoms with Crippen molar-refractivity contribution in [3.8, 4) is 0 Å². The normalized spacial score (nSPS) is 14.8. The summed E-state index contributed by atoms with van der Waals surface area (Å²) in [6.45, 7) is 8.11. The van der Waals surface area contributed by atoms with Crippen LogP contribution in [0.1, 0.15) is 18.2 Å². The van der Waals surface area contributed by atoms with Crippen LogP contribution in [0.4, 0.5) is 4.39 Å². The van der Waals surface area contributed by atoms with Crippen molar-refractivity contribution in [2.75, 3.05) is 45.8 Å². The second-order valence-electron chi connectivity index (χ2n) is 7.15. The highest BCUT2D eigenvalue weighted by Gasteiger charge is 2.20. The Bertz CT molecular complexity index is 825. The smallest absolute Gasteiger partial charge is 0.224 e. The molecule has 31 heavy (non-hydrogen) atoms. The van der Waals surface area contributed by atoms with E-state index in [1.165, 1.54) is 12.1 Å². The van der Waals surface area contributed by atoms with Crippen molar-refractivity contribution in [1.82, 2.24) is 25.6 Å². The quantitative estimate of drug-likeness (QED) is 0.229. The number of hydrogen-bond donors (Lipinski definition) is 2. The van der Waals surface area contributed by atoms with Gasteiger partial charge in [-0.15, -0.1) is 24.0 Å². The Morgan fingerprint density at radius 3 is 2.71 bits per heavy atom. The van der Waals surface area contributed by atoms with Crippen LogP contribution in [0.2, 0.25) is 0 Å². The predicted octanol–water partition coefficient (Wildman–Crippen LogP) is 1.87. The van der Waals surface area contributed by atoms with Crippen LogP contribution in [-0.4, -0.2) is 72.6 Å². The molecule has 0 aliphatic carbocycles. The largest absolute Gasteiger partial charge is 0.364 e. The summed E-state index contributed by atoms with van der Waals surface area (Å²) in [7, 11) is 0. The van der Waals surface area contributed by atoms with Gasteiger partial charge in [0, 0.05) is 51.9 Å². The fraction of sp³-hybridized carbons (Fsp3) is 0.476. The average molecular weight is 544 g/mol. The number of nitrogens with one attached hydrogen (secondary N) is 2. The predicted molar refractivity (Wildman–Crippen MR) is 128 cm³/mol. The molecule has 0 spiro atoms. The first-order valence-corrected chi connectivity index (χ1v) is 10.3. The number of carbonyl (C=O) groups is 1. The van der Waals surface area contributed by atoms with Crippen LogP contribution in [-0.2, 0) is 17.8 Å². The molecule has 1 aliphatic heterocycles. The number of hydrogen-bond acceptors (Lipinski definition) is 5. The van der Waals surface area contributed by atoms with Gasteiger partial charge >= 0.3 is 0 Å². The van der Waals surface area contributed by atoms with Gasteiger partial charge in [0.25, 0.3) is 0 Å². The molecule has 2 aromatic rings. The van der Waals surface area contributed by atoms with Gasteiger partial charge in [-0.3, -0.25) is 14.7 Å². The van der Waals surface area contributed by atoms with E-state index in [1.807, 2.05) is 13.0 Å². The molecule has 8 nitrogen and oxygen atoms in total. The lowest BCUT2D eigenvalue weighted by molar-refractivity contribution is -0.120. The number of guanidine groups is 1. The summed E-state index contributed by atoms with van der Waals surface area (Å²) in [5.74, 6) is 0.390. The zero-order valence-electron chi connectivity index (χ0n) is 17.7. The van der Waals surface area contributed by atoms with Crippen molar-refractivity contribution in [2.45, 2.75) is 19.9 Å². The maximum Gasteiger partial charge on any atom is 0.224 e. The molecule has 1 fully saturated rings.